The van der Waals surface area contributed by atoms with Crippen molar-refractivity contribution in [3.8, 4) is 11.5 Å². The van der Waals surface area contributed by atoms with Crippen LogP contribution in [0.5, 0.6) is 11.5 Å². The van der Waals surface area contributed by atoms with E-state index in [0.29, 0.717) is 17.1 Å². The number of fused-ring (bicyclic) bond motifs is 1. The van der Waals surface area contributed by atoms with Crippen LogP contribution in [0.1, 0.15) is 11.1 Å². The van der Waals surface area contributed by atoms with Crippen molar-refractivity contribution in [2.24, 2.45) is 5.10 Å². The first kappa shape index (κ1) is 18.2. The molecule has 0 fully saturated rings. The van der Waals surface area contributed by atoms with E-state index in [9.17, 15) is 22.8 Å². The summed E-state index contributed by atoms with van der Waals surface area (Å²) in [4.78, 5) is 23.5. The van der Waals surface area contributed by atoms with Crippen LogP contribution in [0.15, 0.2) is 47.6 Å². The molecule has 2 aromatic carbocycles. The Hall–Kier alpha value is -3.56. The van der Waals surface area contributed by atoms with Crippen LogP contribution >= 0.6 is 0 Å². The molecule has 0 bridgehead atoms. The number of carbonyl (C=O) groups excluding carboxylic acids is 2. The van der Waals surface area contributed by atoms with Crippen molar-refractivity contribution in [1.82, 2.24) is 5.43 Å². The first-order chi connectivity index (χ1) is 12.8. The van der Waals surface area contributed by atoms with Gasteiger partial charge in [0.05, 0.1) is 11.8 Å². The van der Waals surface area contributed by atoms with Crippen LogP contribution in [0.25, 0.3) is 0 Å². The van der Waals surface area contributed by atoms with E-state index >= 15 is 0 Å². The third-order valence-electron chi connectivity index (χ3n) is 3.43. The Balaban J connectivity index is 1.57. The Morgan fingerprint density at radius 2 is 1.81 bits per heavy atom. The van der Waals surface area contributed by atoms with E-state index in [1.54, 1.807) is 18.2 Å². The van der Waals surface area contributed by atoms with Crippen LogP contribution < -0.4 is 20.2 Å². The number of carbonyl (C=O) groups is 2. The van der Waals surface area contributed by atoms with E-state index in [1.807, 2.05) is 5.43 Å². The lowest BCUT2D eigenvalue weighted by Crippen LogP contribution is -2.32. The number of anilines is 1. The average molecular weight is 379 g/mol. The summed E-state index contributed by atoms with van der Waals surface area (Å²) in [5, 5.41) is 5.70. The van der Waals surface area contributed by atoms with Gasteiger partial charge in [-0.25, -0.2) is 5.43 Å². The Morgan fingerprint density at radius 1 is 1.04 bits per heavy atom. The Morgan fingerprint density at radius 3 is 2.59 bits per heavy atom. The maximum Gasteiger partial charge on any atom is 0.416 e. The minimum absolute atomic E-state index is 0.113. The number of hydrazone groups is 1. The van der Waals surface area contributed by atoms with Gasteiger partial charge in [0.1, 0.15) is 0 Å². The largest absolute Gasteiger partial charge is 0.454 e. The summed E-state index contributed by atoms with van der Waals surface area (Å²) < 4.78 is 48.3. The molecule has 7 nitrogen and oxygen atoms in total. The number of ether oxygens (including phenoxy) is 2. The van der Waals surface area contributed by atoms with E-state index < -0.39 is 23.6 Å². The minimum atomic E-state index is -4.56. The van der Waals surface area contributed by atoms with Crippen molar-refractivity contribution in [2.45, 2.75) is 6.18 Å². The van der Waals surface area contributed by atoms with Crippen LogP contribution in [0.3, 0.4) is 0 Å². The fraction of sp³-hybridized carbons (Fsp3) is 0.118. The monoisotopic (exact) mass is 379 g/mol. The second-order valence-corrected chi connectivity index (χ2v) is 5.34. The molecule has 3 rings (SSSR count). The van der Waals surface area contributed by atoms with Gasteiger partial charge in [-0.1, -0.05) is 6.07 Å². The van der Waals surface area contributed by atoms with E-state index in [-0.39, 0.29) is 12.5 Å². The molecular weight excluding hydrogens is 367 g/mol. The lowest BCUT2D eigenvalue weighted by Gasteiger charge is -2.09. The third kappa shape index (κ3) is 4.54. The molecule has 140 valence electrons. The van der Waals surface area contributed by atoms with E-state index in [4.69, 9.17) is 9.47 Å². The summed E-state index contributed by atoms with van der Waals surface area (Å²) in [5.74, 6) is -1.19. The summed E-state index contributed by atoms with van der Waals surface area (Å²) >= 11 is 0. The maximum atomic E-state index is 12.6. The Kier molecular flexibility index (Phi) is 4.97. The number of amides is 2. The highest BCUT2D eigenvalue weighted by Crippen LogP contribution is 2.32. The molecule has 0 atom stereocenters. The van der Waals surface area contributed by atoms with Crippen LogP contribution in [-0.4, -0.2) is 24.8 Å². The highest BCUT2D eigenvalue weighted by atomic mass is 19.4. The third-order valence-corrected chi connectivity index (χ3v) is 3.43. The maximum absolute atomic E-state index is 12.6. The van der Waals surface area contributed by atoms with Crippen LogP contribution in [0, 0.1) is 0 Å². The van der Waals surface area contributed by atoms with Gasteiger partial charge in [0.25, 0.3) is 0 Å². The van der Waals surface area contributed by atoms with Crippen LogP contribution in [0.4, 0.5) is 18.9 Å². The molecule has 27 heavy (non-hydrogen) atoms. The van der Waals surface area contributed by atoms with Crippen molar-refractivity contribution in [3.63, 3.8) is 0 Å². The lowest BCUT2D eigenvalue weighted by atomic mass is 10.2. The highest BCUT2D eigenvalue weighted by Gasteiger charge is 2.30. The second kappa shape index (κ2) is 7.36. The average Bonchev–Trinajstić information content (AvgIpc) is 3.09. The van der Waals surface area contributed by atoms with E-state index in [2.05, 4.69) is 10.4 Å². The van der Waals surface area contributed by atoms with Crippen LogP contribution in [0.2, 0.25) is 0 Å². The number of nitrogens with zero attached hydrogens (tertiary/aromatic N) is 1. The normalized spacial score (nSPS) is 12.9. The minimum Gasteiger partial charge on any atom is -0.454 e. The SMILES string of the molecule is O=C(N/N=C/c1ccc2c(c1)OCO2)C(=O)Nc1cccc(C(F)(F)F)c1. The molecule has 0 saturated heterocycles. The summed E-state index contributed by atoms with van der Waals surface area (Å²) in [6.07, 6.45) is -3.28. The predicted octanol–water partition coefficient (Wildman–Crippen LogP) is 2.52. The van der Waals surface area contributed by atoms with Crippen molar-refractivity contribution < 1.29 is 32.2 Å². The molecule has 0 radical (unpaired) electrons. The zero-order valence-electron chi connectivity index (χ0n) is 13.5. The Bertz CT molecular complexity index is 913. The summed E-state index contributed by atoms with van der Waals surface area (Å²) in [5.41, 5.74) is 1.46. The van der Waals surface area contributed by atoms with Gasteiger partial charge >= 0.3 is 18.0 Å². The molecule has 10 heteroatoms. The molecule has 0 unspecified atom stereocenters. The summed E-state index contributed by atoms with van der Waals surface area (Å²) in [6.45, 7) is 0.113. The van der Waals surface area contributed by atoms with Gasteiger partial charge in [0.2, 0.25) is 6.79 Å². The molecule has 1 aliphatic rings. The fourth-order valence-corrected chi connectivity index (χ4v) is 2.17. The first-order valence-corrected chi connectivity index (χ1v) is 7.54. The number of nitrogens with one attached hydrogen (secondary N) is 2. The van der Waals surface area contributed by atoms with Gasteiger partial charge in [-0.05, 0) is 42.0 Å². The molecule has 1 aliphatic heterocycles. The quantitative estimate of drug-likeness (QED) is 0.487. The van der Waals surface area contributed by atoms with Crippen molar-refractivity contribution >= 4 is 23.7 Å². The van der Waals surface area contributed by atoms with Gasteiger partial charge in [-0.15, -0.1) is 0 Å². The number of halogens is 3. The smallest absolute Gasteiger partial charge is 0.416 e. The van der Waals surface area contributed by atoms with Gasteiger partial charge in [-0.3, -0.25) is 9.59 Å². The molecule has 0 aromatic heterocycles. The topological polar surface area (TPSA) is 89.0 Å². The standard InChI is InChI=1S/C17H12F3N3O4/c18-17(19,20)11-2-1-3-12(7-11)22-15(24)16(25)23-21-8-10-4-5-13-14(6-10)27-9-26-13/h1-8H,9H2,(H,22,24)(H,23,25)/b21-8+. The van der Waals surface area contributed by atoms with Crippen LogP contribution in [-0.2, 0) is 15.8 Å². The number of hydrogen-bond acceptors (Lipinski definition) is 5. The zero-order chi connectivity index (χ0) is 19.4. The molecule has 0 aliphatic carbocycles. The molecule has 0 saturated carbocycles. The molecular formula is C17H12F3N3O4. The molecule has 2 amide bonds. The number of alkyl halides is 3. The number of rotatable bonds is 3. The molecule has 0 spiro atoms. The molecule has 1 heterocycles. The first-order valence-electron chi connectivity index (χ1n) is 7.54. The van der Waals surface area contributed by atoms with E-state index in [0.717, 1.165) is 18.2 Å². The van der Waals surface area contributed by atoms with Gasteiger partial charge in [0, 0.05) is 5.69 Å². The van der Waals surface area contributed by atoms with Gasteiger partial charge in [0.15, 0.2) is 11.5 Å². The number of benzene rings is 2. The van der Waals surface area contributed by atoms with E-state index in [1.165, 1.54) is 12.3 Å². The van der Waals surface area contributed by atoms with Crippen molar-refractivity contribution in [2.75, 3.05) is 12.1 Å². The number of hydrogen-bond donors (Lipinski definition) is 2. The zero-order valence-corrected chi connectivity index (χ0v) is 13.5. The second-order valence-electron chi connectivity index (χ2n) is 5.34. The van der Waals surface area contributed by atoms with Crippen molar-refractivity contribution in [3.05, 3.63) is 53.6 Å². The molecule has 2 aromatic rings. The van der Waals surface area contributed by atoms with Crippen molar-refractivity contribution in [1.29, 1.82) is 0 Å². The van der Waals surface area contributed by atoms with Gasteiger partial charge < -0.3 is 14.8 Å². The summed E-state index contributed by atoms with van der Waals surface area (Å²) in [7, 11) is 0. The lowest BCUT2D eigenvalue weighted by molar-refractivity contribution is -0.137. The van der Waals surface area contributed by atoms with Gasteiger partial charge in [-0.2, -0.15) is 18.3 Å². The highest BCUT2D eigenvalue weighted by molar-refractivity contribution is 6.39. The predicted molar refractivity (Wildman–Crippen MR) is 88.4 cm³/mol. The summed E-state index contributed by atoms with van der Waals surface area (Å²) in [6, 6.07) is 8.87. The molecule has 2 N–H and O–H groups in total. The Labute approximate surface area is 150 Å². The fourth-order valence-electron chi connectivity index (χ4n) is 2.17.